The van der Waals surface area contributed by atoms with E-state index in [2.05, 4.69) is 30.2 Å². The van der Waals surface area contributed by atoms with Crippen LogP contribution in [0.5, 0.6) is 0 Å². The molecule has 0 fully saturated rings. The van der Waals surface area contributed by atoms with E-state index in [0.29, 0.717) is 0 Å². The summed E-state index contributed by atoms with van der Waals surface area (Å²) in [6.45, 7) is 5.08. The van der Waals surface area contributed by atoms with Crippen LogP contribution in [0, 0.1) is 0 Å². The van der Waals surface area contributed by atoms with Gasteiger partial charge in [0.05, 0.1) is 0 Å². The summed E-state index contributed by atoms with van der Waals surface area (Å²) in [4.78, 5) is 42.5. The molecule has 7 nitrogen and oxygen atoms in total. The molecule has 7 heteroatoms. The molecule has 0 radical (unpaired) electrons. The van der Waals surface area contributed by atoms with Gasteiger partial charge in [0, 0.05) is 60.4 Å². The molecule has 2 aromatic carbocycles. The van der Waals surface area contributed by atoms with Crippen molar-refractivity contribution in [1.29, 1.82) is 0 Å². The van der Waals surface area contributed by atoms with Crippen molar-refractivity contribution in [1.82, 2.24) is 10.3 Å². The number of carbonyl (C=O) groups excluding carboxylic acids is 3. The number of hydrogen-bond acceptors (Lipinski definition) is 5. The van der Waals surface area contributed by atoms with Crippen LogP contribution in [0.4, 0.5) is 5.69 Å². The van der Waals surface area contributed by atoms with Gasteiger partial charge in [-0.25, -0.2) is 4.79 Å². The lowest BCUT2D eigenvalue weighted by atomic mass is 9.83. The van der Waals surface area contributed by atoms with Crippen molar-refractivity contribution in [2.24, 2.45) is 0 Å². The summed E-state index contributed by atoms with van der Waals surface area (Å²) in [5.74, 6) is -1.30. The van der Waals surface area contributed by atoms with Gasteiger partial charge in [-0.05, 0) is 23.3 Å². The van der Waals surface area contributed by atoms with E-state index >= 15 is 0 Å². The van der Waals surface area contributed by atoms with Crippen LogP contribution < -0.4 is 10.2 Å². The number of nitrogens with one attached hydrogen (secondary N) is 2. The molecule has 1 aliphatic rings. The minimum absolute atomic E-state index is 0.253. The Bertz CT molecular complexity index is 1290. The number of hydrogen-bond donors (Lipinski definition) is 2. The third-order valence-corrected chi connectivity index (χ3v) is 6.36. The fraction of sp³-hybridized carbons (Fsp3) is 0.296. The molecule has 1 atom stereocenters. The van der Waals surface area contributed by atoms with E-state index in [9.17, 15) is 14.4 Å². The summed E-state index contributed by atoms with van der Waals surface area (Å²) in [7, 11) is 1.92. The highest BCUT2D eigenvalue weighted by atomic mass is 16.5. The van der Waals surface area contributed by atoms with Gasteiger partial charge in [-0.2, -0.15) is 0 Å². The Morgan fingerprint density at radius 2 is 1.82 bits per heavy atom. The van der Waals surface area contributed by atoms with Crippen molar-refractivity contribution >= 4 is 34.3 Å². The molecule has 1 aliphatic heterocycles. The lowest BCUT2D eigenvalue weighted by molar-refractivity contribution is -0.150. The van der Waals surface area contributed by atoms with Gasteiger partial charge >= 0.3 is 5.97 Å². The molecule has 34 heavy (non-hydrogen) atoms. The quantitative estimate of drug-likeness (QED) is 0.416. The highest BCUT2D eigenvalue weighted by molar-refractivity contribution is 5.95. The van der Waals surface area contributed by atoms with E-state index in [-0.39, 0.29) is 23.5 Å². The standard InChI is InChI=1S/C27H29N3O4/c1-17(31)29-23(13-18-15-28-22-11-7-5-9-20(18)22)26(33)34-16-19(32)14-25-27(2,3)21-10-6-8-12-24(21)30(25)4/h5-12,14-15,23,28H,13,16H2,1-4H3,(H,29,31). The Morgan fingerprint density at radius 3 is 2.56 bits per heavy atom. The number of ketones is 1. The number of benzene rings is 2. The average Bonchev–Trinajstić information content (AvgIpc) is 3.29. The predicted octanol–water partition coefficient (Wildman–Crippen LogP) is 3.64. The fourth-order valence-electron chi connectivity index (χ4n) is 4.65. The maximum atomic E-state index is 12.8. The van der Waals surface area contributed by atoms with Crippen LogP contribution in [0.15, 0.2) is 66.5 Å². The Hall–Kier alpha value is -3.87. The highest BCUT2D eigenvalue weighted by Gasteiger charge is 2.38. The SMILES string of the molecule is CC(=O)NC(Cc1c[nH]c2ccccc12)C(=O)OCC(=O)C=C1N(C)c2ccccc2C1(C)C. The molecule has 0 aliphatic carbocycles. The van der Waals surface area contributed by atoms with Crippen molar-refractivity contribution in [3.8, 4) is 0 Å². The van der Waals surface area contributed by atoms with Crippen LogP contribution in [0.25, 0.3) is 10.9 Å². The van der Waals surface area contributed by atoms with Crippen molar-refractivity contribution < 1.29 is 19.1 Å². The first-order valence-electron chi connectivity index (χ1n) is 11.3. The van der Waals surface area contributed by atoms with Crippen molar-refractivity contribution in [3.63, 3.8) is 0 Å². The number of fused-ring (bicyclic) bond motifs is 2. The summed E-state index contributed by atoms with van der Waals surface area (Å²) in [5, 5.41) is 3.62. The molecular formula is C27H29N3O4. The van der Waals surface area contributed by atoms with E-state index in [1.807, 2.05) is 60.6 Å². The monoisotopic (exact) mass is 459 g/mol. The third-order valence-electron chi connectivity index (χ3n) is 6.36. The van der Waals surface area contributed by atoms with E-state index in [1.54, 1.807) is 6.08 Å². The summed E-state index contributed by atoms with van der Waals surface area (Å²) in [5.41, 5.74) is 4.50. The molecule has 1 aromatic heterocycles. The highest BCUT2D eigenvalue weighted by Crippen LogP contribution is 2.46. The Labute approximate surface area is 198 Å². The van der Waals surface area contributed by atoms with Crippen LogP contribution in [-0.2, 0) is 31.0 Å². The van der Waals surface area contributed by atoms with Crippen LogP contribution in [0.3, 0.4) is 0 Å². The van der Waals surface area contributed by atoms with Gasteiger partial charge in [0.25, 0.3) is 0 Å². The van der Waals surface area contributed by atoms with Crippen LogP contribution in [-0.4, -0.2) is 42.3 Å². The molecule has 4 rings (SSSR count). The van der Waals surface area contributed by atoms with Gasteiger partial charge in [0.15, 0.2) is 12.4 Å². The van der Waals surface area contributed by atoms with Crippen LogP contribution >= 0.6 is 0 Å². The second-order valence-electron chi connectivity index (χ2n) is 9.12. The fourth-order valence-corrected chi connectivity index (χ4v) is 4.65. The number of carbonyl (C=O) groups is 3. The topological polar surface area (TPSA) is 91.5 Å². The molecule has 2 heterocycles. The maximum absolute atomic E-state index is 12.8. The molecule has 1 amide bonds. The first-order valence-corrected chi connectivity index (χ1v) is 11.3. The maximum Gasteiger partial charge on any atom is 0.329 e. The number of rotatable bonds is 7. The smallest absolute Gasteiger partial charge is 0.329 e. The summed E-state index contributed by atoms with van der Waals surface area (Å²) in [6, 6.07) is 14.9. The Morgan fingerprint density at radius 1 is 1.12 bits per heavy atom. The van der Waals surface area contributed by atoms with Gasteiger partial charge in [-0.3, -0.25) is 9.59 Å². The van der Waals surface area contributed by atoms with Gasteiger partial charge in [0.1, 0.15) is 6.04 Å². The number of ether oxygens (including phenoxy) is 1. The number of para-hydroxylation sites is 2. The van der Waals surface area contributed by atoms with Gasteiger partial charge in [0.2, 0.25) is 5.91 Å². The number of nitrogens with zero attached hydrogens (tertiary/aromatic N) is 1. The van der Waals surface area contributed by atoms with Gasteiger partial charge < -0.3 is 19.9 Å². The first-order chi connectivity index (χ1) is 16.2. The number of aromatic amines is 1. The van der Waals surface area contributed by atoms with Crippen molar-refractivity contribution in [3.05, 3.63) is 77.6 Å². The number of amides is 1. The molecule has 176 valence electrons. The zero-order valence-corrected chi connectivity index (χ0v) is 19.8. The molecule has 0 saturated carbocycles. The number of H-pyrrole nitrogens is 1. The van der Waals surface area contributed by atoms with E-state index in [4.69, 9.17) is 4.74 Å². The lowest BCUT2D eigenvalue weighted by Gasteiger charge is -2.24. The van der Waals surface area contributed by atoms with E-state index in [1.165, 1.54) is 6.92 Å². The predicted molar refractivity (Wildman–Crippen MR) is 132 cm³/mol. The minimum Gasteiger partial charge on any atom is -0.456 e. The second kappa shape index (κ2) is 9.17. The second-order valence-corrected chi connectivity index (χ2v) is 9.12. The summed E-state index contributed by atoms with van der Waals surface area (Å²) in [6.07, 6.45) is 3.61. The summed E-state index contributed by atoms with van der Waals surface area (Å²) >= 11 is 0. The zero-order chi connectivity index (χ0) is 24.5. The molecule has 1 unspecified atom stereocenters. The van der Waals surface area contributed by atoms with E-state index in [0.717, 1.165) is 33.4 Å². The van der Waals surface area contributed by atoms with E-state index < -0.39 is 18.6 Å². The van der Waals surface area contributed by atoms with Crippen LogP contribution in [0.2, 0.25) is 0 Å². The molecule has 0 spiro atoms. The van der Waals surface area contributed by atoms with Gasteiger partial charge in [-0.15, -0.1) is 0 Å². The number of anilines is 1. The normalized spacial score (nSPS) is 16.4. The third kappa shape index (κ3) is 4.46. The molecule has 3 aromatic rings. The molecule has 2 N–H and O–H groups in total. The van der Waals surface area contributed by atoms with Gasteiger partial charge in [-0.1, -0.05) is 50.2 Å². The average molecular weight is 460 g/mol. The molecular weight excluding hydrogens is 430 g/mol. The number of aromatic nitrogens is 1. The number of likely N-dealkylation sites (N-methyl/N-ethyl adjacent to an activating group) is 1. The molecule has 0 bridgehead atoms. The lowest BCUT2D eigenvalue weighted by Crippen LogP contribution is -2.42. The Balaban J connectivity index is 1.45. The number of esters is 1. The van der Waals surface area contributed by atoms with Crippen molar-refractivity contribution in [2.45, 2.75) is 38.6 Å². The number of allylic oxidation sites excluding steroid dienone is 1. The summed E-state index contributed by atoms with van der Waals surface area (Å²) < 4.78 is 5.34. The first kappa shape index (κ1) is 23.3. The van der Waals surface area contributed by atoms with Crippen molar-refractivity contribution in [2.75, 3.05) is 18.6 Å². The molecule has 0 saturated heterocycles. The minimum atomic E-state index is -0.896. The van der Waals surface area contributed by atoms with Crippen LogP contribution in [0.1, 0.15) is 31.9 Å². The largest absolute Gasteiger partial charge is 0.456 e. The zero-order valence-electron chi connectivity index (χ0n) is 19.8. The Kier molecular flexibility index (Phi) is 6.28.